The molecule has 0 fully saturated rings. The quantitative estimate of drug-likeness (QED) is 0.800. The van der Waals surface area contributed by atoms with Crippen LogP contribution in [-0.2, 0) is 9.53 Å². The van der Waals surface area contributed by atoms with Gasteiger partial charge in [-0.3, -0.25) is 4.90 Å². The zero-order chi connectivity index (χ0) is 16.6. The molecule has 23 heavy (non-hydrogen) atoms. The predicted octanol–water partition coefficient (Wildman–Crippen LogP) is 2.32. The number of ether oxygens (including phenoxy) is 2. The number of amides is 2. The molecule has 1 aromatic rings. The first kappa shape index (κ1) is 15.4. The molecule has 0 aliphatic carbocycles. The molecule has 1 atom stereocenters. The van der Waals surface area contributed by atoms with Gasteiger partial charge in [-0.25, -0.2) is 9.59 Å². The molecule has 1 aromatic carbocycles. The Hall–Kier alpha value is -2.50. The fourth-order valence-electron chi connectivity index (χ4n) is 3.24. The van der Waals surface area contributed by atoms with Crippen molar-refractivity contribution in [2.24, 2.45) is 0 Å². The van der Waals surface area contributed by atoms with Gasteiger partial charge in [0.05, 0.1) is 24.4 Å². The van der Waals surface area contributed by atoms with E-state index in [1.807, 2.05) is 38.1 Å². The minimum Gasteiger partial charge on any atom is -0.497 e. The highest BCUT2D eigenvalue weighted by Crippen LogP contribution is 2.40. The molecule has 2 heterocycles. The molecular formula is C17H20N2O4. The third-order valence-corrected chi connectivity index (χ3v) is 4.32. The molecule has 0 spiro atoms. The standard InChI is InChI=1S/C17H20N2O4/c1-4-18-13-10-23-16(20)14(13)15(19(5-2)17(18)21)11-7-6-8-12(9-11)22-3/h6-9,15H,4-5,10H2,1-3H3. The molecule has 1 unspecified atom stereocenters. The molecule has 0 radical (unpaired) electrons. The van der Waals surface area contributed by atoms with Crippen molar-refractivity contribution in [2.75, 3.05) is 26.8 Å². The van der Waals surface area contributed by atoms with E-state index >= 15 is 0 Å². The first-order valence-electron chi connectivity index (χ1n) is 7.74. The largest absolute Gasteiger partial charge is 0.497 e. The zero-order valence-electron chi connectivity index (χ0n) is 13.5. The third kappa shape index (κ3) is 2.34. The van der Waals surface area contributed by atoms with E-state index in [0.717, 1.165) is 5.56 Å². The fourth-order valence-corrected chi connectivity index (χ4v) is 3.24. The number of benzene rings is 1. The maximum Gasteiger partial charge on any atom is 0.338 e. The van der Waals surface area contributed by atoms with Crippen LogP contribution in [0.3, 0.4) is 0 Å². The lowest BCUT2D eigenvalue weighted by Crippen LogP contribution is -2.49. The van der Waals surface area contributed by atoms with Crippen molar-refractivity contribution in [1.82, 2.24) is 9.80 Å². The summed E-state index contributed by atoms with van der Waals surface area (Å²) in [5, 5.41) is 0. The second-order valence-corrected chi connectivity index (χ2v) is 5.43. The lowest BCUT2D eigenvalue weighted by atomic mass is 9.93. The first-order valence-corrected chi connectivity index (χ1v) is 7.74. The molecule has 0 saturated heterocycles. The number of carbonyl (C=O) groups excluding carboxylic acids is 2. The van der Waals surface area contributed by atoms with Gasteiger partial charge < -0.3 is 14.4 Å². The van der Waals surface area contributed by atoms with E-state index in [0.29, 0.717) is 30.1 Å². The number of cyclic esters (lactones) is 1. The number of methoxy groups -OCH3 is 1. The zero-order valence-corrected chi connectivity index (χ0v) is 13.5. The number of likely N-dealkylation sites (N-methyl/N-ethyl adjacent to an activating group) is 2. The Bertz CT molecular complexity index is 683. The minimum atomic E-state index is -0.435. The van der Waals surface area contributed by atoms with Crippen LogP contribution >= 0.6 is 0 Å². The van der Waals surface area contributed by atoms with Crippen LogP contribution in [0, 0.1) is 0 Å². The van der Waals surface area contributed by atoms with Gasteiger partial charge in [0.15, 0.2) is 0 Å². The van der Waals surface area contributed by atoms with Crippen LogP contribution in [0.4, 0.5) is 4.79 Å². The van der Waals surface area contributed by atoms with Gasteiger partial charge in [0.2, 0.25) is 0 Å². The van der Waals surface area contributed by atoms with Gasteiger partial charge in [0.25, 0.3) is 0 Å². The van der Waals surface area contributed by atoms with Gasteiger partial charge in [-0.05, 0) is 31.5 Å². The Kier molecular flexibility index (Phi) is 3.98. The molecule has 0 bridgehead atoms. The van der Waals surface area contributed by atoms with E-state index in [9.17, 15) is 9.59 Å². The van der Waals surface area contributed by atoms with Gasteiger partial charge in [-0.2, -0.15) is 0 Å². The summed E-state index contributed by atoms with van der Waals surface area (Å²) >= 11 is 0. The highest BCUT2D eigenvalue weighted by atomic mass is 16.5. The van der Waals surface area contributed by atoms with Gasteiger partial charge in [-0.15, -0.1) is 0 Å². The van der Waals surface area contributed by atoms with E-state index in [1.54, 1.807) is 16.9 Å². The fraction of sp³-hybridized carbons (Fsp3) is 0.412. The number of esters is 1. The average Bonchev–Trinajstić information content (AvgIpc) is 2.95. The van der Waals surface area contributed by atoms with Crippen molar-refractivity contribution in [3.8, 4) is 5.75 Å². The van der Waals surface area contributed by atoms with Gasteiger partial charge in [0, 0.05) is 13.1 Å². The van der Waals surface area contributed by atoms with Crippen LogP contribution in [0.15, 0.2) is 35.5 Å². The molecule has 0 N–H and O–H groups in total. The Morgan fingerprint density at radius 2 is 2.04 bits per heavy atom. The molecule has 2 amide bonds. The average molecular weight is 316 g/mol. The smallest absolute Gasteiger partial charge is 0.338 e. The SMILES string of the molecule is CCN1C(=O)N(CC)C(c2cccc(OC)c2)C2=C1COC2=O. The van der Waals surface area contributed by atoms with Crippen molar-refractivity contribution < 1.29 is 19.1 Å². The second-order valence-electron chi connectivity index (χ2n) is 5.43. The number of nitrogens with zero attached hydrogens (tertiary/aromatic N) is 2. The third-order valence-electron chi connectivity index (χ3n) is 4.32. The van der Waals surface area contributed by atoms with Crippen LogP contribution in [0.5, 0.6) is 5.75 Å². The van der Waals surface area contributed by atoms with Crippen LogP contribution in [0.25, 0.3) is 0 Å². The maximum atomic E-state index is 12.8. The highest BCUT2D eigenvalue weighted by Gasteiger charge is 2.45. The maximum absolute atomic E-state index is 12.8. The van der Waals surface area contributed by atoms with Gasteiger partial charge in [-0.1, -0.05) is 12.1 Å². The van der Waals surface area contributed by atoms with Crippen molar-refractivity contribution >= 4 is 12.0 Å². The summed E-state index contributed by atoms with van der Waals surface area (Å²) < 4.78 is 10.5. The monoisotopic (exact) mass is 316 g/mol. The van der Waals surface area contributed by atoms with Crippen LogP contribution in [-0.4, -0.2) is 48.6 Å². The lowest BCUT2D eigenvalue weighted by molar-refractivity contribution is -0.136. The van der Waals surface area contributed by atoms with Gasteiger partial charge >= 0.3 is 12.0 Å². The number of urea groups is 1. The van der Waals surface area contributed by atoms with Crippen molar-refractivity contribution in [2.45, 2.75) is 19.9 Å². The van der Waals surface area contributed by atoms with Crippen LogP contribution in [0.2, 0.25) is 0 Å². The lowest BCUT2D eigenvalue weighted by Gasteiger charge is -2.40. The van der Waals surface area contributed by atoms with E-state index in [1.165, 1.54) is 0 Å². The molecule has 6 nitrogen and oxygen atoms in total. The first-order chi connectivity index (χ1) is 11.1. The Morgan fingerprint density at radius 1 is 1.26 bits per heavy atom. The summed E-state index contributed by atoms with van der Waals surface area (Å²) in [4.78, 5) is 28.4. The number of hydrogen-bond donors (Lipinski definition) is 0. The molecule has 122 valence electrons. The van der Waals surface area contributed by atoms with Gasteiger partial charge in [0.1, 0.15) is 12.4 Å². The Balaban J connectivity index is 2.16. The van der Waals surface area contributed by atoms with E-state index in [4.69, 9.17) is 9.47 Å². The summed E-state index contributed by atoms with van der Waals surface area (Å²) in [6, 6.07) is 6.93. The predicted molar refractivity (Wildman–Crippen MR) is 83.9 cm³/mol. The summed E-state index contributed by atoms with van der Waals surface area (Å²) in [7, 11) is 1.59. The van der Waals surface area contributed by atoms with Crippen molar-refractivity contribution in [3.05, 3.63) is 41.1 Å². The topological polar surface area (TPSA) is 59.1 Å². The van der Waals surface area contributed by atoms with Crippen LogP contribution in [0.1, 0.15) is 25.5 Å². The summed E-state index contributed by atoms with van der Waals surface area (Å²) in [6.45, 7) is 4.97. The molecule has 2 aliphatic heterocycles. The molecule has 6 heteroatoms. The van der Waals surface area contributed by atoms with Crippen molar-refractivity contribution in [3.63, 3.8) is 0 Å². The van der Waals surface area contributed by atoms with E-state index in [2.05, 4.69) is 0 Å². The number of hydrogen-bond acceptors (Lipinski definition) is 4. The Labute approximate surface area is 135 Å². The number of rotatable bonds is 4. The molecule has 2 aliphatic rings. The molecular weight excluding hydrogens is 296 g/mol. The second kappa shape index (κ2) is 5.95. The highest BCUT2D eigenvalue weighted by molar-refractivity contribution is 5.97. The molecule has 0 aromatic heterocycles. The van der Waals surface area contributed by atoms with E-state index in [-0.39, 0.29) is 18.6 Å². The molecule has 0 saturated carbocycles. The van der Waals surface area contributed by atoms with Crippen molar-refractivity contribution in [1.29, 1.82) is 0 Å². The molecule has 3 rings (SSSR count). The summed E-state index contributed by atoms with van der Waals surface area (Å²) in [6.07, 6.45) is 0. The Morgan fingerprint density at radius 3 is 2.70 bits per heavy atom. The normalized spacial score (nSPS) is 20.7. The number of carbonyl (C=O) groups is 2. The minimum absolute atomic E-state index is 0.0973. The van der Waals surface area contributed by atoms with E-state index < -0.39 is 6.04 Å². The summed E-state index contributed by atoms with van der Waals surface area (Å²) in [5.41, 5.74) is 2.09. The summed E-state index contributed by atoms with van der Waals surface area (Å²) in [5.74, 6) is 0.342. The van der Waals surface area contributed by atoms with Crippen LogP contribution < -0.4 is 4.74 Å².